The minimum absolute atomic E-state index is 0.0650. The van der Waals surface area contributed by atoms with E-state index < -0.39 is 0 Å². The SMILES string of the molecule is CSCCNC(=O)c1ccc2cc(C(=O)NCCSC)ccc2c1. The predicted octanol–water partition coefficient (Wildman–Crippen LogP) is 3.03. The molecule has 0 aliphatic carbocycles. The quantitative estimate of drug-likeness (QED) is 0.709. The van der Waals surface area contributed by atoms with Gasteiger partial charge in [-0.05, 0) is 47.5 Å². The number of hydrogen-bond donors (Lipinski definition) is 2. The van der Waals surface area contributed by atoms with Crippen molar-refractivity contribution in [3.05, 3.63) is 47.5 Å². The second kappa shape index (κ2) is 9.59. The second-order valence-corrected chi connectivity index (χ2v) is 7.25. The summed E-state index contributed by atoms with van der Waals surface area (Å²) in [6.45, 7) is 1.32. The van der Waals surface area contributed by atoms with Crippen LogP contribution in [0.2, 0.25) is 0 Å². The molecule has 6 heteroatoms. The maximum atomic E-state index is 12.1. The van der Waals surface area contributed by atoms with Crippen molar-refractivity contribution < 1.29 is 9.59 Å². The Morgan fingerprint density at radius 3 is 1.58 bits per heavy atom. The lowest BCUT2D eigenvalue weighted by Crippen LogP contribution is -2.26. The van der Waals surface area contributed by atoms with Crippen molar-refractivity contribution in [3.8, 4) is 0 Å². The lowest BCUT2D eigenvalue weighted by atomic mass is 10.0. The number of carbonyl (C=O) groups is 2. The Labute approximate surface area is 151 Å². The van der Waals surface area contributed by atoms with Crippen LogP contribution in [-0.4, -0.2) is 48.9 Å². The molecule has 24 heavy (non-hydrogen) atoms. The van der Waals surface area contributed by atoms with Crippen molar-refractivity contribution in [2.24, 2.45) is 0 Å². The number of amides is 2. The van der Waals surface area contributed by atoms with Gasteiger partial charge in [0.1, 0.15) is 0 Å². The molecular weight excluding hydrogens is 340 g/mol. The number of thioether (sulfide) groups is 2. The lowest BCUT2D eigenvalue weighted by molar-refractivity contribution is 0.0948. The van der Waals surface area contributed by atoms with Gasteiger partial charge in [0.05, 0.1) is 0 Å². The highest BCUT2D eigenvalue weighted by Crippen LogP contribution is 2.18. The fourth-order valence-corrected chi connectivity index (χ4v) is 2.88. The van der Waals surface area contributed by atoms with Gasteiger partial charge in [-0.25, -0.2) is 0 Å². The molecule has 2 N–H and O–H groups in total. The number of benzene rings is 2. The zero-order valence-electron chi connectivity index (χ0n) is 13.9. The molecule has 0 fully saturated rings. The molecule has 0 aliphatic heterocycles. The summed E-state index contributed by atoms with van der Waals surface area (Å²) in [6, 6.07) is 11.1. The van der Waals surface area contributed by atoms with Crippen LogP contribution in [0.25, 0.3) is 10.8 Å². The summed E-state index contributed by atoms with van der Waals surface area (Å²) in [5, 5.41) is 7.70. The van der Waals surface area contributed by atoms with Gasteiger partial charge in [-0.3, -0.25) is 9.59 Å². The smallest absolute Gasteiger partial charge is 0.251 e. The molecule has 128 valence electrons. The van der Waals surface area contributed by atoms with Gasteiger partial charge in [0.15, 0.2) is 0 Å². The minimum Gasteiger partial charge on any atom is -0.351 e. The summed E-state index contributed by atoms with van der Waals surface area (Å²) in [5.41, 5.74) is 1.28. The summed E-state index contributed by atoms with van der Waals surface area (Å²) in [6.07, 6.45) is 4.02. The molecule has 0 bridgehead atoms. The molecule has 0 radical (unpaired) electrons. The molecule has 2 aromatic carbocycles. The molecule has 2 rings (SSSR count). The van der Waals surface area contributed by atoms with Gasteiger partial charge in [-0.1, -0.05) is 12.1 Å². The van der Waals surface area contributed by atoms with E-state index in [1.165, 1.54) is 0 Å². The van der Waals surface area contributed by atoms with Gasteiger partial charge < -0.3 is 10.6 Å². The Kier molecular flexibility index (Phi) is 7.46. The van der Waals surface area contributed by atoms with Crippen LogP contribution in [0.5, 0.6) is 0 Å². The summed E-state index contributed by atoms with van der Waals surface area (Å²) >= 11 is 3.40. The highest BCUT2D eigenvalue weighted by Gasteiger charge is 2.08. The van der Waals surface area contributed by atoms with E-state index in [0.29, 0.717) is 24.2 Å². The van der Waals surface area contributed by atoms with Gasteiger partial charge in [-0.2, -0.15) is 23.5 Å². The first kappa shape index (κ1) is 18.7. The van der Waals surface area contributed by atoms with Gasteiger partial charge in [-0.15, -0.1) is 0 Å². The van der Waals surface area contributed by atoms with Crippen molar-refractivity contribution in [2.45, 2.75) is 0 Å². The zero-order valence-corrected chi connectivity index (χ0v) is 15.6. The Hall–Kier alpha value is -1.66. The van der Waals surface area contributed by atoms with Gasteiger partial charge in [0.25, 0.3) is 11.8 Å². The monoisotopic (exact) mass is 362 g/mol. The molecule has 0 aliphatic rings. The fraction of sp³-hybridized carbons (Fsp3) is 0.333. The van der Waals surface area contributed by atoms with Crippen LogP contribution in [0.3, 0.4) is 0 Å². The summed E-state index contributed by atoms with van der Waals surface area (Å²) in [5.74, 6) is 1.66. The van der Waals surface area contributed by atoms with E-state index in [1.54, 1.807) is 35.7 Å². The first-order chi connectivity index (χ1) is 11.7. The summed E-state index contributed by atoms with van der Waals surface area (Å²) < 4.78 is 0. The molecule has 0 saturated heterocycles. The average molecular weight is 363 g/mol. The standard InChI is InChI=1S/C18H22N2O2S2/c1-23-9-7-19-17(21)15-5-3-14-12-16(6-4-13(14)11-15)18(22)20-8-10-24-2/h3-6,11-12H,7-10H2,1-2H3,(H,19,21)(H,20,22). The van der Waals surface area contributed by atoms with Gasteiger partial charge >= 0.3 is 0 Å². The first-order valence-electron chi connectivity index (χ1n) is 7.74. The molecule has 0 atom stereocenters. The highest BCUT2D eigenvalue weighted by molar-refractivity contribution is 7.98. The van der Waals surface area contributed by atoms with E-state index in [4.69, 9.17) is 0 Å². The topological polar surface area (TPSA) is 58.2 Å². The van der Waals surface area contributed by atoms with Crippen LogP contribution >= 0.6 is 23.5 Å². The van der Waals surface area contributed by atoms with Crippen LogP contribution < -0.4 is 10.6 Å². The molecule has 4 nitrogen and oxygen atoms in total. The molecular formula is C18H22N2O2S2. The second-order valence-electron chi connectivity index (χ2n) is 5.27. The Balaban J connectivity index is 2.10. The number of carbonyl (C=O) groups excluding carboxylic acids is 2. The third-order valence-electron chi connectivity index (χ3n) is 3.55. The van der Waals surface area contributed by atoms with E-state index in [2.05, 4.69) is 10.6 Å². The van der Waals surface area contributed by atoms with Crippen LogP contribution in [0, 0.1) is 0 Å². The van der Waals surface area contributed by atoms with Crippen molar-refractivity contribution in [2.75, 3.05) is 37.1 Å². The maximum absolute atomic E-state index is 12.1. The molecule has 0 saturated carbocycles. The minimum atomic E-state index is -0.0650. The number of fused-ring (bicyclic) bond motifs is 1. The summed E-state index contributed by atoms with van der Waals surface area (Å²) in [7, 11) is 0. The van der Waals surface area contributed by atoms with Crippen molar-refractivity contribution in [1.29, 1.82) is 0 Å². The average Bonchev–Trinajstić information content (AvgIpc) is 2.61. The Morgan fingerprint density at radius 2 is 1.21 bits per heavy atom. The van der Waals surface area contributed by atoms with Crippen molar-refractivity contribution in [1.82, 2.24) is 10.6 Å². The van der Waals surface area contributed by atoms with Crippen LogP contribution in [-0.2, 0) is 0 Å². The van der Waals surface area contributed by atoms with E-state index in [0.717, 1.165) is 22.3 Å². The number of rotatable bonds is 8. The van der Waals surface area contributed by atoms with Crippen LogP contribution in [0.15, 0.2) is 36.4 Å². The molecule has 0 unspecified atom stereocenters. The van der Waals surface area contributed by atoms with Gasteiger partial charge in [0.2, 0.25) is 0 Å². The maximum Gasteiger partial charge on any atom is 0.251 e. The van der Waals surface area contributed by atoms with E-state index in [1.807, 2.05) is 36.8 Å². The Morgan fingerprint density at radius 1 is 0.792 bits per heavy atom. The van der Waals surface area contributed by atoms with Gasteiger partial charge in [0, 0.05) is 35.7 Å². The largest absolute Gasteiger partial charge is 0.351 e. The predicted molar refractivity (Wildman–Crippen MR) is 105 cm³/mol. The third-order valence-corrected chi connectivity index (χ3v) is 4.77. The zero-order chi connectivity index (χ0) is 17.4. The lowest BCUT2D eigenvalue weighted by Gasteiger charge is -2.08. The molecule has 0 spiro atoms. The van der Waals surface area contributed by atoms with Crippen molar-refractivity contribution >= 4 is 46.1 Å². The number of nitrogens with one attached hydrogen (secondary N) is 2. The Bertz CT molecular complexity index is 658. The fourth-order valence-electron chi connectivity index (χ4n) is 2.27. The molecule has 0 aromatic heterocycles. The molecule has 0 heterocycles. The molecule has 2 aromatic rings. The number of hydrogen-bond acceptors (Lipinski definition) is 4. The third kappa shape index (κ3) is 5.18. The van der Waals surface area contributed by atoms with E-state index in [9.17, 15) is 9.59 Å². The normalized spacial score (nSPS) is 10.6. The highest BCUT2D eigenvalue weighted by atomic mass is 32.2. The first-order valence-corrected chi connectivity index (χ1v) is 10.5. The van der Waals surface area contributed by atoms with Crippen LogP contribution in [0.4, 0.5) is 0 Å². The molecule has 2 amide bonds. The van der Waals surface area contributed by atoms with E-state index >= 15 is 0 Å². The van der Waals surface area contributed by atoms with Crippen molar-refractivity contribution in [3.63, 3.8) is 0 Å². The summed E-state index contributed by atoms with van der Waals surface area (Å²) in [4.78, 5) is 24.2. The van der Waals surface area contributed by atoms with E-state index in [-0.39, 0.29) is 11.8 Å². The van der Waals surface area contributed by atoms with Crippen LogP contribution in [0.1, 0.15) is 20.7 Å².